The molecular formula is C34H28O2. The van der Waals surface area contributed by atoms with Crippen molar-refractivity contribution in [1.82, 2.24) is 0 Å². The molecular weight excluding hydrogens is 440 g/mol. The molecule has 1 aliphatic carbocycles. The zero-order valence-corrected chi connectivity index (χ0v) is 20.0. The molecule has 1 fully saturated rings. The second-order valence-electron chi connectivity index (χ2n) is 9.21. The Morgan fingerprint density at radius 1 is 0.444 bits per heavy atom. The highest BCUT2D eigenvalue weighted by Gasteiger charge is 2.54. The van der Waals surface area contributed by atoms with E-state index in [1.165, 1.54) is 0 Å². The van der Waals surface area contributed by atoms with Crippen LogP contribution in [0.2, 0.25) is 0 Å². The van der Waals surface area contributed by atoms with Gasteiger partial charge in [0, 0.05) is 23.0 Å². The molecule has 0 radical (unpaired) electrons. The van der Waals surface area contributed by atoms with Gasteiger partial charge in [0.1, 0.15) is 0 Å². The number of benzene rings is 4. The first kappa shape index (κ1) is 23.4. The lowest BCUT2D eigenvalue weighted by molar-refractivity contribution is 0.0335. The van der Waals surface area contributed by atoms with Crippen LogP contribution in [0.15, 0.2) is 133 Å². The molecule has 0 amide bonds. The minimum absolute atomic E-state index is 0.0816. The third kappa shape index (κ3) is 5.04. The fourth-order valence-electron chi connectivity index (χ4n) is 5.15. The van der Waals surface area contributed by atoms with Gasteiger partial charge < -0.3 is 0 Å². The first-order chi connectivity index (χ1) is 17.7. The third-order valence-electron chi connectivity index (χ3n) is 7.00. The predicted molar refractivity (Wildman–Crippen MR) is 146 cm³/mol. The van der Waals surface area contributed by atoms with Crippen molar-refractivity contribution in [3.8, 4) is 0 Å². The second-order valence-corrected chi connectivity index (χ2v) is 9.21. The van der Waals surface area contributed by atoms with Crippen molar-refractivity contribution in [2.75, 3.05) is 0 Å². The van der Waals surface area contributed by atoms with Gasteiger partial charge in [0.05, 0.1) is 0 Å². The topological polar surface area (TPSA) is 34.1 Å². The molecule has 4 aromatic carbocycles. The van der Waals surface area contributed by atoms with Gasteiger partial charge in [-0.2, -0.15) is 0 Å². The molecule has 0 N–H and O–H groups in total. The molecule has 0 bridgehead atoms. The van der Waals surface area contributed by atoms with Crippen molar-refractivity contribution < 1.29 is 9.59 Å². The molecule has 0 spiro atoms. The van der Waals surface area contributed by atoms with Crippen LogP contribution in [0, 0.1) is 23.7 Å². The Labute approximate surface area is 212 Å². The van der Waals surface area contributed by atoms with Gasteiger partial charge in [-0.15, -0.1) is 0 Å². The van der Waals surface area contributed by atoms with Gasteiger partial charge in [0.25, 0.3) is 0 Å². The van der Waals surface area contributed by atoms with Crippen molar-refractivity contribution in [2.24, 2.45) is 23.7 Å². The standard InChI is InChI=1S/C34H28O2/c35-33(27-17-9-3-10-18-27)31-29(23-21-25-13-5-1-6-14-25)32(34(36)28-19-11-4-12-20-28)30(31)24-22-26-15-7-2-8-16-26/h1-24,29-32H/b23-21-,24-22-. The molecule has 2 heteroatoms. The number of carbonyl (C=O) groups excluding carboxylic acids is 2. The van der Waals surface area contributed by atoms with E-state index in [1.54, 1.807) is 0 Å². The van der Waals surface area contributed by atoms with Crippen LogP contribution >= 0.6 is 0 Å². The Hall–Kier alpha value is -4.30. The summed E-state index contributed by atoms with van der Waals surface area (Å²) in [7, 11) is 0. The highest BCUT2D eigenvalue weighted by Crippen LogP contribution is 2.51. The number of Topliss-reactive ketones (excluding diaryl/α,β-unsaturated/α-hetero) is 2. The summed E-state index contributed by atoms with van der Waals surface area (Å²) in [5, 5.41) is 0. The highest BCUT2D eigenvalue weighted by atomic mass is 16.1. The first-order valence-electron chi connectivity index (χ1n) is 12.4. The van der Waals surface area contributed by atoms with Gasteiger partial charge in [-0.1, -0.05) is 146 Å². The lowest BCUT2D eigenvalue weighted by Crippen LogP contribution is -2.52. The summed E-state index contributed by atoms with van der Waals surface area (Å²) in [6, 6.07) is 38.9. The lowest BCUT2D eigenvalue weighted by atomic mass is 9.52. The second kappa shape index (κ2) is 11.0. The van der Waals surface area contributed by atoms with Crippen molar-refractivity contribution in [1.29, 1.82) is 0 Å². The summed E-state index contributed by atoms with van der Waals surface area (Å²) < 4.78 is 0. The number of ketones is 2. The maximum absolute atomic E-state index is 13.8. The Morgan fingerprint density at radius 2 is 0.750 bits per heavy atom. The summed E-state index contributed by atoms with van der Waals surface area (Å²) in [5.74, 6) is -0.863. The Bertz CT molecular complexity index is 1240. The van der Waals surface area contributed by atoms with Crippen LogP contribution in [0.4, 0.5) is 0 Å². The number of carbonyl (C=O) groups is 2. The summed E-state index contributed by atoms with van der Waals surface area (Å²) in [6.07, 6.45) is 8.22. The largest absolute Gasteiger partial charge is 0.294 e. The van der Waals surface area contributed by atoms with E-state index in [0.717, 1.165) is 11.1 Å². The van der Waals surface area contributed by atoms with E-state index in [2.05, 4.69) is 12.2 Å². The average Bonchev–Trinajstić information content (AvgIpc) is 2.94. The van der Waals surface area contributed by atoms with Gasteiger partial charge in [-0.3, -0.25) is 9.59 Å². The van der Waals surface area contributed by atoms with Gasteiger partial charge in [0.15, 0.2) is 11.6 Å². The fourth-order valence-corrected chi connectivity index (χ4v) is 5.15. The van der Waals surface area contributed by atoms with Gasteiger partial charge in [-0.05, 0) is 23.0 Å². The van der Waals surface area contributed by atoms with Crippen LogP contribution in [0.3, 0.4) is 0 Å². The van der Waals surface area contributed by atoms with E-state index in [4.69, 9.17) is 0 Å². The number of rotatable bonds is 8. The van der Waals surface area contributed by atoms with Crippen molar-refractivity contribution in [3.05, 3.63) is 156 Å². The summed E-state index contributed by atoms with van der Waals surface area (Å²) in [6.45, 7) is 0. The van der Waals surface area contributed by atoms with Crippen LogP contribution in [-0.4, -0.2) is 11.6 Å². The molecule has 176 valence electrons. The van der Waals surface area contributed by atoms with Crippen LogP contribution in [0.1, 0.15) is 31.8 Å². The van der Waals surface area contributed by atoms with Crippen LogP contribution in [-0.2, 0) is 0 Å². The van der Waals surface area contributed by atoms with Gasteiger partial charge in [-0.25, -0.2) is 0 Å². The highest BCUT2D eigenvalue weighted by molar-refractivity contribution is 6.04. The Morgan fingerprint density at radius 3 is 1.08 bits per heavy atom. The van der Waals surface area contributed by atoms with Crippen LogP contribution < -0.4 is 0 Å². The van der Waals surface area contributed by atoms with E-state index < -0.39 is 0 Å². The lowest BCUT2D eigenvalue weighted by Gasteiger charge is -2.48. The maximum Gasteiger partial charge on any atom is 0.167 e. The molecule has 0 heterocycles. The Balaban J connectivity index is 1.55. The number of hydrogen-bond donors (Lipinski definition) is 0. The van der Waals surface area contributed by atoms with Crippen molar-refractivity contribution in [2.45, 2.75) is 0 Å². The summed E-state index contributed by atoms with van der Waals surface area (Å²) in [5.41, 5.74) is 3.48. The predicted octanol–water partition coefficient (Wildman–Crippen LogP) is 7.66. The molecule has 5 rings (SSSR count). The molecule has 1 saturated carbocycles. The minimum atomic E-state index is -0.315. The smallest absolute Gasteiger partial charge is 0.167 e. The molecule has 0 unspecified atom stereocenters. The third-order valence-corrected chi connectivity index (χ3v) is 7.00. The Kier molecular flexibility index (Phi) is 7.14. The monoisotopic (exact) mass is 468 g/mol. The van der Waals surface area contributed by atoms with E-state index in [0.29, 0.717) is 11.1 Å². The van der Waals surface area contributed by atoms with E-state index in [1.807, 2.05) is 133 Å². The number of hydrogen-bond acceptors (Lipinski definition) is 2. The average molecular weight is 469 g/mol. The molecule has 0 atom stereocenters. The van der Waals surface area contributed by atoms with Crippen LogP contribution in [0.25, 0.3) is 12.2 Å². The first-order valence-corrected chi connectivity index (χ1v) is 12.4. The normalized spacial score (nSPS) is 21.3. The molecule has 2 nitrogen and oxygen atoms in total. The van der Waals surface area contributed by atoms with Crippen molar-refractivity contribution >= 4 is 23.7 Å². The van der Waals surface area contributed by atoms with Gasteiger partial charge >= 0.3 is 0 Å². The molecule has 1 aliphatic rings. The van der Waals surface area contributed by atoms with Crippen LogP contribution in [0.5, 0.6) is 0 Å². The molecule has 0 aromatic heterocycles. The fraction of sp³-hybridized carbons (Fsp3) is 0.118. The van der Waals surface area contributed by atoms with E-state index in [9.17, 15) is 9.59 Å². The van der Waals surface area contributed by atoms with Crippen molar-refractivity contribution in [3.63, 3.8) is 0 Å². The van der Waals surface area contributed by atoms with E-state index >= 15 is 0 Å². The van der Waals surface area contributed by atoms with Gasteiger partial charge in [0.2, 0.25) is 0 Å². The minimum Gasteiger partial charge on any atom is -0.294 e. The summed E-state index contributed by atoms with van der Waals surface area (Å²) >= 11 is 0. The van der Waals surface area contributed by atoms with E-state index in [-0.39, 0.29) is 35.2 Å². The molecule has 4 aromatic rings. The maximum atomic E-state index is 13.8. The SMILES string of the molecule is O=C(c1ccccc1)C1C(/C=C\c2ccccc2)C(C(=O)c2ccccc2)C1/C=C\c1ccccc1. The number of allylic oxidation sites excluding steroid dienone is 2. The summed E-state index contributed by atoms with van der Waals surface area (Å²) in [4.78, 5) is 27.6. The molecule has 0 aliphatic heterocycles. The quantitative estimate of drug-likeness (QED) is 0.249. The molecule has 0 saturated heterocycles. The molecule has 36 heavy (non-hydrogen) atoms. The zero-order chi connectivity index (χ0) is 24.7. The zero-order valence-electron chi connectivity index (χ0n) is 20.0.